The summed E-state index contributed by atoms with van der Waals surface area (Å²) in [5, 5.41) is 14.1. The molecule has 6 nitrogen and oxygen atoms in total. The van der Waals surface area contributed by atoms with E-state index >= 15 is 0 Å². The third-order valence-electron chi connectivity index (χ3n) is 4.95. The van der Waals surface area contributed by atoms with Gasteiger partial charge in [0.25, 0.3) is 0 Å². The first-order valence-electron chi connectivity index (χ1n) is 9.32. The van der Waals surface area contributed by atoms with E-state index in [-0.39, 0.29) is 17.6 Å². The Balaban J connectivity index is 1.49. The van der Waals surface area contributed by atoms with E-state index in [1.807, 2.05) is 12.1 Å². The molecule has 1 aliphatic rings. The summed E-state index contributed by atoms with van der Waals surface area (Å²) >= 11 is 6.81. The smallest absolute Gasteiger partial charge is 0.243 e. The highest BCUT2D eigenvalue weighted by atomic mass is 79.9. The van der Waals surface area contributed by atoms with Gasteiger partial charge in [0.1, 0.15) is 0 Å². The number of hydrogen-bond donors (Lipinski definition) is 2. The van der Waals surface area contributed by atoms with Crippen molar-refractivity contribution in [2.45, 2.75) is 19.4 Å². The third kappa shape index (κ3) is 6.04. The largest absolute Gasteiger partial charge is 0.504 e. The highest BCUT2D eigenvalue weighted by Gasteiger charge is 2.24. The molecule has 0 aliphatic carbocycles. The van der Waals surface area contributed by atoms with E-state index in [1.54, 1.807) is 12.1 Å². The fourth-order valence-corrected chi connectivity index (χ4v) is 4.03. The number of piperidine rings is 1. The van der Waals surface area contributed by atoms with E-state index in [0.717, 1.165) is 41.4 Å². The molecule has 0 aromatic heterocycles. The number of carbonyl (C=O) groups is 1. The van der Waals surface area contributed by atoms with Crippen molar-refractivity contribution in [1.82, 2.24) is 10.3 Å². The van der Waals surface area contributed by atoms with Crippen molar-refractivity contribution in [1.29, 1.82) is 0 Å². The molecule has 0 radical (unpaired) electrons. The number of nitrogens with zero attached hydrogens (tertiary/aromatic N) is 2. The molecule has 0 unspecified atom stereocenters. The van der Waals surface area contributed by atoms with Crippen molar-refractivity contribution in [2.75, 3.05) is 20.2 Å². The second-order valence-corrected chi connectivity index (χ2v) is 8.79. The Morgan fingerprint density at radius 2 is 1.93 bits per heavy atom. The molecule has 2 aromatic carbocycles. The molecule has 2 aromatic rings. The fraction of sp³-hybridized carbons (Fsp3) is 0.333. The molecule has 1 saturated heterocycles. The summed E-state index contributed by atoms with van der Waals surface area (Å²) < 4.78 is 6.94. The van der Waals surface area contributed by atoms with Crippen molar-refractivity contribution in [3.8, 4) is 11.5 Å². The lowest BCUT2D eigenvalue weighted by molar-refractivity contribution is -0.126. The number of hydrazone groups is 1. The zero-order chi connectivity index (χ0) is 20.8. The van der Waals surface area contributed by atoms with Crippen molar-refractivity contribution < 1.29 is 14.6 Å². The summed E-state index contributed by atoms with van der Waals surface area (Å²) in [6, 6.07) is 11.7. The molecule has 0 spiro atoms. The monoisotopic (exact) mass is 523 g/mol. The van der Waals surface area contributed by atoms with Crippen LogP contribution in [-0.2, 0) is 11.3 Å². The van der Waals surface area contributed by atoms with Gasteiger partial charge >= 0.3 is 0 Å². The lowest BCUT2D eigenvalue weighted by Crippen LogP contribution is -2.39. The Morgan fingerprint density at radius 3 is 2.59 bits per heavy atom. The molecule has 8 heteroatoms. The standard InChI is InChI=1S/C21H23Br2N3O3/c1-29-19-11-18(23)10-16(20(19)27)12-24-25-21(28)15-6-8-26(9-7-15)13-14-2-4-17(22)5-3-14/h2-5,10-12,15,27H,6-9,13H2,1H3,(H,25,28)/b24-12-. The molecular formula is C21H23Br2N3O3. The summed E-state index contributed by atoms with van der Waals surface area (Å²) in [7, 11) is 1.48. The van der Waals surface area contributed by atoms with Gasteiger partial charge in [-0.1, -0.05) is 44.0 Å². The van der Waals surface area contributed by atoms with Crippen LogP contribution >= 0.6 is 31.9 Å². The zero-order valence-electron chi connectivity index (χ0n) is 16.1. The van der Waals surface area contributed by atoms with Crippen molar-refractivity contribution in [3.05, 3.63) is 56.5 Å². The van der Waals surface area contributed by atoms with E-state index in [0.29, 0.717) is 11.3 Å². The van der Waals surface area contributed by atoms with Crippen LogP contribution in [0.3, 0.4) is 0 Å². The van der Waals surface area contributed by atoms with E-state index in [1.165, 1.54) is 18.9 Å². The summed E-state index contributed by atoms with van der Waals surface area (Å²) in [6.45, 7) is 2.65. The lowest BCUT2D eigenvalue weighted by atomic mass is 9.96. The Labute approximate surface area is 187 Å². The predicted molar refractivity (Wildman–Crippen MR) is 120 cm³/mol. The molecule has 0 atom stereocenters. The van der Waals surface area contributed by atoms with Crippen LogP contribution in [-0.4, -0.2) is 42.3 Å². The summed E-state index contributed by atoms with van der Waals surface area (Å²) in [5.41, 5.74) is 4.32. The predicted octanol–water partition coefficient (Wildman–Crippen LogP) is 4.29. The zero-order valence-corrected chi connectivity index (χ0v) is 19.2. The number of benzene rings is 2. The Morgan fingerprint density at radius 1 is 1.24 bits per heavy atom. The van der Waals surface area contributed by atoms with E-state index in [9.17, 15) is 9.90 Å². The minimum atomic E-state index is -0.0917. The number of nitrogens with one attached hydrogen (secondary N) is 1. The number of hydrogen-bond acceptors (Lipinski definition) is 5. The number of aromatic hydroxyl groups is 1. The van der Waals surface area contributed by atoms with Crippen molar-refractivity contribution >= 4 is 44.0 Å². The quantitative estimate of drug-likeness (QED) is 0.436. The topological polar surface area (TPSA) is 74.2 Å². The molecule has 1 amide bonds. The van der Waals surface area contributed by atoms with Gasteiger partial charge in [-0.15, -0.1) is 0 Å². The van der Waals surface area contributed by atoms with E-state index in [2.05, 4.69) is 59.4 Å². The Hall–Kier alpha value is -1.90. The second kappa shape index (κ2) is 10.2. The number of amides is 1. The molecule has 0 bridgehead atoms. The fourth-order valence-electron chi connectivity index (χ4n) is 3.31. The SMILES string of the molecule is COc1cc(Br)cc(/C=N\NC(=O)C2CCN(Cc3ccc(Br)cc3)CC2)c1O. The number of halogens is 2. The molecular weight excluding hydrogens is 502 g/mol. The first-order chi connectivity index (χ1) is 14.0. The maximum absolute atomic E-state index is 12.4. The van der Waals surface area contributed by atoms with Crippen LogP contribution in [0.1, 0.15) is 24.0 Å². The average molecular weight is 525 g/mol. The van der Waals surface area contributed by atoms with Gasteiger partial charge in [-0.25, -0.2) is 5.43 Å². The Kier molecular flexibility index (Phi) is 7.69. The maximum atomic E-state index is 12.4. The summed E-state index contributed by atoms with van der Waals surface area (Å²) in [4.78, 5) is 14.8. The molecule has 1 aliphatic heterocycles. The number of methoxy groups -OCH3 is 1. The molecule has 3 rings (SSSR count). The van der Waals surface area contributed by atoms with E-state index < -0.39 is 0 Å². The molecule has 0 saturated carbocycles. The van der Waals surface area contributed by atoms with Crippen LogP contribution in [0.25, 0.3) is 0 Å². The van der Waals surface area contributed by atoms with Gasteiger partial charge in [0.2, 0.25) is 5.91 Å². The number of rotatable bonds is 6. The summed E-state index contributed by atoms with van der Waals surface area (Å²) in [6.07, 6.45) is 3.02. The first kappa shape index (κ1) is 21.8. The first-order valence-corrected chi connectivity index (χ1v) is 10.9. The van der Waals surface area contributed by atoms with Gasteiger partial charge < -0.3 is 9.84 Å². The van der Waals surface area contributed by atoms with Crippen molar-refractivity contribution in [3.63, 3.8) is 0 Å². The van der Waals surface area contributed by atoms with Gasteiger partial charge in [-0.3, -0.25) is 9.69 Å². The van der Waals surface area contributed by atoms with Crippen LogP contribution in [0.15, 0.2) is 50.4 Å². The number of ether oxygens (including phenoxy) is 1. The van der Waals surface area contributed by atoms with Crippen LogP contribution in [0.4, 0.5) is 0 Å². The number of phenols is 1. The van der Waals surface area contributed by atoms with Gasteiger partial charge in [0.05, 0.1) is 13.3 Å². The van der Waals surface area contributed by atoms with Crippen LogP contribution in [0.5, 0.6) is 11.5 Å². The third-order valence-corrected chi connectivity index (χ3v) is 5.93. The highest BCUT2D eigenvalue weighted by Crippen LogP contribution is 2.32. The molecule has 1 heterocycles. The maximum Gasteiger partial charge on any atom is 0.243 e. The number of phenolic OH excluding ortho intramolecular Hbond substituents is 1. The molecule has 29 heavy (non-hydrogen) atoms. The van der Waals surface area contributed by atoms with Gasteiger partial charge in [0.15, 0.2) is 11.5 Å². The van der Waals surface area contributed by atoms with Crippen LogP contribution in [0.2, 0.25) is 0 Å². The van der Waals surface area contributed by atoms with Gasteiger partial charge in [-0.2, -0.15) is 5.10 Å². The average Bonchev–Trinajstić information content (AvgIpc) is 2.72. The molecule has 154 valence electrons. The normalized spacial score (nSPS) is 15.6. The minimum absolute atomic E-state index is 0.0186. The Bertz CT molecular complexity index is 879. The van der Waals surface area contributed by atoms with Crippen LogP contribution < -0.4 is 10.2 Å². The second-order valence-electron chi connectivity index (χ2n) is 6.96. The lowest BCUT2D eigenvalue weighted by Gasteiger charge is -2.30. The number of carbonyl (C=O) groups excluding carboxylic acids is 1. The minimum Gasteiger partial charge on any atom is -0.504 e. The van der Waals surface area contributed by atoms with Gasteiger partial charge in [-0.05, 0) is 55.8 Å². The molecule has 2 N–H and O–H groups in total. The number of likely N-dealkylation sites (tertiary alicyclic amines) is 1. The summed E-state index contributed by atoms with van der Waals surface area (Å²) in [5.74, 6) is 0.171. The van der Waals surface area contributed by atoms with Crippen LogP contribution in [0, 0.1) is 5.92 Å². The highest BCUT2D eigenvalue weighted by molar-refractivity contribution is 9.10. The van der Waals surface area contributed by atoms with Crippen molar-refractivity contribution in [2.24, 2.45) is 11.0 Å². The van der Waals surface area contributed by atoms with Gasteiger partial charge in [0, 0.05) is 27.0 Å². The molecule has 1 fully saturated rings. The van der Waals surface area contributed by atoms with E-state index in [4.69, 9.17) is 4.74 Å².